The Bertz CT molecular complexity index is 1080. The van der Waals surface area contributed by atoms with Gasteiger partial charge in [0.25, 0.3) is 5.91 Å². The van der Waals surface area contributed by atoms with Crippen molar-refractivity contribution in [3.8, 4) is 0 Å². The standard InChI is InChI=1S/C24H25F3N4O3/c1-2-23(17-7-4-3-5-8-17)21(33)31(22(34)28-23)16-20(32)30-13-11-29(12-14-30)19-10-6-9-18(15-19)24(25,26)27/h3-10,15H,2,11-14,16H2,1H3,(H,28,34)/t23-/m0/s1. The summed E-state index contributed by atoms with van der Waals surface area (Å²) in [5.74, 6) is -0.852. The topological polar surface area (TPSA) is 73.0 Å². The fourth-order valence-corrected chi connectivity index (χ4v) is 4.46. The van der Waals surface area contributed by atoms with Crippen LogP contribution in [0.15, 0.2) is 54.6 Å². The average molecular weight is 474 g/mol. The van der Waals surface area contributed by atoms with E-state index in [9.17, 15) is 27.6 Å². The Kier molecular flexibility index (Phi) is 6.24. The molecule has 1 N–H and O–H groups in total. The van der Waals surface area contributed by atoms with Crippen LogP contribution in [-0.4, -0.2) is 60.4 Å². The molecule has 180 valence electrons. The van der Waals surface area contributed by atoms with E-state index < -0.39 is 29.2 Å². The number of nitrogens with one attached hydrogen (secondary N) is 1. The SMILES string of the molecule is CC[C@@]1(c2ccccc2)NC(=O)N(CC(=O)N2CCN(c3cccc(C(F)(F)F)c3)CC2)C1=O. The van der Waals surface area contributed by atoms with E-state index >= 15 is 0 Å². The van der Waals surface area contributed by atoms with Gasteiger partial charge in [0.15, 0.2) is 0 Å². The molecule has 0 saturated carbocycles. The minimum atomic E-state index is -4.43. The van der Waals surface area contributed by atoms with Gasteiger partial charge in [-0.15, -0.1) is 0 Å². The van der Waals surface area contributed by atoms with Crippen LogP contribution in [0.1, 0.15) is 24.5 Å². The number of amides is 4. The third-order valence-electron chi connectivity index (χ3n) is 6.44. The first-order valence-electron chi connectivity index (χ1n) is 11.1. The largest absolute Gasteiger partial charge is 0.416 e. The molecule has 2 aromatic carbocycles. The van der Waals surface area contributed by atoms with Gasteiger partial charge < -0.3 is 15.1 Å². The normalized spacial score (nSPS) is 21.1. The second-order valence-electron chi connectivity index (χ2n) is 8.36. The first-order valence-corrected chi connectivity index (χ1v) is 11.1. The minimum absolute atomic E-state index is 0.274. The van der Waals surface area contributed by atoms with Gasteiger partial charge in [-0.05, 0) is 30.2 Å². The zero-order valence-corrected chi connectivity index (χ0v) is 18.6. The number of nitrogens with zero attached hydrogens (tertiary/aromatic N) is 3. The molecule has 2 saturated heterocycles. The molecular formula is C24H25F3N4O3. The number of hydrogen-bond donors (Lipinski definition) is 1. The summed E-state index contributed by atoms with van der Waals surface area (Å²) < 4.78 is 39.0. The van der Waals surface area contributed by atoms with Gasteiger partial charge in [-0.3, -0.25) is 14.5 Å². The molecule has 34 heavy (non-hydrogen) atoms. The van der Waals surface area contributed by atoms with E-state index in [0.29, 0.717) is 30.8 Å². The molecule has 7 nitrogen and oxygen atoms in total. The van der Waals surface area contributed by atoms with Gasteiger partial charge >= 0.3 is 12.2 Å². The van der Waals surface area contributed by atoms with Crippen LogP contribution in [-0.2, 0) is 21.3 Å². The second kappa shape index (κ2) is 9.00. The van der Waals surface area contributed by atoms with Gasteiger partial charge in [-0.1, -0.05) is 43.3 Å². The van der Waals surface area contributed by atoms with E-state index in [1.165, 1.54) is 11.0 Å². The molecular weight excluding hydrogens is 449 g/mol. The summed E-state index contributed by atoms with van der Waals surface area (Å²) in [5.41, 5.74) is -0.840. The Balaban J connectivity index is 1.40. The van der Waals surface area contributed by atoms with Crippen LogP contribution in [0.5, 0.6) is 0 Å². The lowest BCUT2D eigenvalue weighted by Crippen LogP contribution is -2.52. The molecule has 2 aromatic rings. The van der Waals surface area contributed by atoms with Crippen molar-refractivity contribution in [1.82, 2.24) is 15.1 Å². The summed E-state index contributed by atoms with van der Waals surface area (Å²) in [7, 11) is 0. The van der Waals surface area contributed by atoms with E-state index in [-0.39, 0.29) is 25.5 Å². The summed E-state index contributed by atoms with van der Waals surface area (Å²) in [6.07, 6.45) is -4.09. The number of carbonyl (C=O) groups is 3. The lowest BCUT2D eigenvalue weighted by atomic mass is 9.87. The average Bonchev–Trinajstić information content (AvgIpc) is 3.09. The molecule has 2 aliphatic heterocycles. The predicted molar refractivity (Wildman–Crippen MR) is 119 cm³/mol. The summed E-state index contributed by atoms with van der Waals surface area (Å²) in [5, 5.41) is 2.75. The maximum absolute atomic E-state index is 13.2. The molecule has 4 amide bonds. The Hall–Kier alpha value is -3.56. The predicted octanol–water partition coefficient (Wildman–Crippen LogP) is 3.21. The van der Waals surface area contributed by atoms with Crippen molar-refractivity contribution in [2.75, 3.05) is 37.6 Å². The van der Waals surface area contributed by atoms with E-state index in [0.717, 1.165) is 17.0 Å². The van der Waals surface area contributed by atoms with Crippen LogP contribution in [0.25, 0.3) is 0 Å². The summed E-state index contributed by atoms with van der Waals surface area (Å²) >= 11 is 0. The molecule has 0 bridgehead atoms. The molecule has 2 aliphatic rings. The number of hydrogen-bond acceptors (Lipinski definition) is 4. The number of halogens is 3. The minimum Gasteiger partial charge on any atom is -0.368 e. The number of rotatable bonds is 5. The Morgan fingerprint density at radius 2 is 1.68 bits per heavy atom. The van der Waals surface area contributed by atoms with E-state index in [1.807, 2.05) is 6.07 Å². The third kappa shape index (κ3) is 4.32. The molecule has 0 spiro atoms. The number of anilines is 1. The van der Waals surface area contributed by atoms with Crippen molar-refractivity contribution >= 4 is 23.5 Å². The van der Waals surface area contributed by atoms with Gasteiger partial charge in [-0.2, -0.15) is 13.2 Å². The van der Waals surface area contributed by atoms with Gasteiger partial charge in [0.2, 0.25) is 5.91 Å². The lowest BCUT2D eigenvalue weighted by Gasteiger charge is -2.36. The fourth-order valence-electron chi connectivity index (χ4n) is 4.46. The number of imide groups is 1. The maximum atomic E-state index is 13.2. The van der Waals surface area contributed by atoms with Crippen molar-refractivity contribution in [3.05, 3.63) is 65.7 Å². The fraction of sp³-hybridized carbons (Fsp3) is 0.375. The quantitative estimate of drug-likeness (QED) is 0.676. The molecule has 4 rings (SSSR count). The Morgan fingerprint density at radius 3 is 2.29 bits per heavy atom. The monoisotopic (exact) mass is 474 g/mol. The van der Waals surface area contributed by atoms with Crippen LogP contribution < -0.4 is 10.2 Å². The van der Waals surface area contributed by atoms with Crippen molar-refractivity contribution in [1.29, 1.82) is 0 Å². The van der Waals surface area contributed by atoms with Crippen LogP contribution in [0.4, 0.5) is 23.7 Å². The maximum Gasteiger partial charge on any atom is 0.416 e. The van der Waals surface area contributed by atoms with Crippen LogP contribution in [0.3, 0.4) is 0 Å². The molecule has 0 radical (unpaired) electrons. The van der Waals surface area contributed by atoms with E-state index in [4.69, 9.17) is 0 Å². The molecule has 2 fully saturated rings. The first-order chi connectivity index (χ1) is 16.2. The molecule has 0 aliphatic carbocycles. The van der Waals surface area contributed by atoms with Gasteiger partial charge in [-0.25, -0.2) is 4.79 Å². The molecule has 0 aromatic heterocycles. The highest BCUT2D eigenvalue weighted by Crippen LogP contribution is 2.33. The molecule has 1 atom stereocenters. The highest BCUT2D eigenvalue weighted by Gasteiger charge is 2.51. The van der Waals surface area contributed by atoms with E-state index in [1.54, 1.807) is 42.2 Å². The van der Waals surface area contributed by atoms with Crippen LogP contribution >= 0.6 is 0 Å². The second-order valence-corrected chi connectivity index (χ2v) is 8.36. The smallest absolute Gasteiger partial charge is 0.368 e. The molecule has 0 unspecified atom stereocenters. The zero-order valence-electron chi connectivity index (χ0n) is 18.6. The molecule has 10 heteroatoms. The zero-order chi connectivity index (χ0) is 24.5. The Labute approximate surface area is 195 Å². The highest BCUT2D eigenvalue weighted by molar-refractivity contribution is 6.09. The third-order valence-corrected chi connectivity index (χ3v) is 6.44. The summed E-state index contributed by atoms with van der Waals surface area (Å²) in [4.78, 5) is 43.0. The summed E-state index contributed by atoms with van der Waals surface area (Å²) in [6.45, 7) is 2.64. The lowest BCUT2D eigenvalue weighted by molar-refractivity contribution is -0.139. The van der Waals surface area contributed by atoms with Crippen LogP contribution in [0.2, 0.25) is 0 Å². The number of benzene rings is 2. The van der Waals surface area contributed by atoms with Gasteiger partial charge in [0, 0.05) is 31.9 Å². The number of carbonyl (C=O) groups excluding carboxylic acids is 3. The number of alkyl halides is 3. The van der Waals surface area contributed by atoms with E-state index in [2.05, 4.69) is 5.32 Å². The van der Waals surface area contributed by atoms with Crippen molar-refractivity contribution in [2.45, 2.75) is 25.1 Å². The number of piperazine rings is 1. The highest BCUT2D eigenvalue weighted by atomic mass is 19.4. The first kappa shape index (κ1) is 23.6. The van der Waals surface area contributed by atoms with Crippen molar-refractivity contribution in [2.24, 2.45) is 0 Å². The van der Waals surface area contributed by atoms with Crippen molar-refractivity contribution < 1.29 is 27.6 Å². The van der Waals surface area contributed by atoms with Crippen LogP contribution in [0, 0.1) is 0 Å². The molecule has 2 heterocycles. The number of urea groups is 1. The van der Waals surface area contributed by atoms with Gasteiger partial charge in [0.1, 0.15) is 12.1 Å². The van der Waals surface area contributed by atoms with Gasteiger partial charge in [0.05, 0.1) is 5.56 Å². The summed E-state index contributed by atoms with van der Waals surface area (Å²) in [6, 6.07) is 13.4. The Morgan fingerprint density at radius 1 is 1.00 bits per heavy atom. The van der Waals surface area contributed by atoms with Crippen molar-refractivity contribution in [3.63, 3.8) is 0 Å².